The molecule has 0 atom stereocenters. The molecule has 0 radical (unpaired) electrons. The first-order valence-corrected chi connectivity index (χ1v) is 19.0. The zero-order chi connectivity index (χ0) is 37.5. The Morgan fingerprint density at radius 1 is 0.830 bits per heavy atom. The first-order valence-electron chi connectivity index (χ1n) is 17.5. The van der Waals surface area contributed by atoms with Gasteiger partial charge in [-0.25, -0.2) is 28.1 Å². The minimum absolute atomic E-state index is 0.0412. The fraction of sp³-hybridized carbons (Fsp3) is 0.220. The Kier molecular flexibility index (Phi) is 11.2. The van der Waals surface area contributed by atoms with Gasteiger partial charge in [0.1, 0.15) is 5.82 Å². The van der Waals surface area contributed by atoms with Crippen molar-refractivity contribution in [3.05, 3.63) is 148 Å². The Morgan fingerprint density at radius 2 is 1.49 bits per heavy atom. The first kappa shape index (κ1) is 36.8. The van der Waals surface area contributed by atoms with Crippen molar-refractivity contribution in [2.45, 2.75) is 58.0 Å². The quantitative estimate of drug-likeness (QED) is 0.141. The third-order valence-electron chi connectivity index (χ3n) is 8.75. The van der Waals surface area contributed by atoms with Crippen molar-refractivity contribution >= 4 is 38.8 Å². The summed E-state index contributed by atoms with van der Waals surface area (Å²) in [5.41, 5.74) is 2.84. The zero-order valence-electron chi connectivity index (χ0n) is 29.8. The smallest absolute Gasteiger partial charge is 0.282 e. The molecule has 53 heavy (non-hydrogen) atoms. The lowest BCUT2D eigenvalue weighted by molar-refractivity contribution is -0.121. The van der Waals surface area contributed by atoms with Crippen molar-refractivity contribution < 1.29 is 18.0 Å². The summed E-state index contributed by atoms with van der Waals surface area (Å²) in [7, 11) is -4.21. The van der Waals surface area contributed by atoms with Crippen LogP contribution in [0.3, 0.4) is 0 Å². The molecule has 0 aliphatic heterocycles. The molecule has 0 spiro atoms. The Bertz CT molecular complexity index is 2420. The molecule has 1 N–H and O–H groups in total. The van der Waals surface area contributed by atoms with E-state index in [9.17, 15) is 22.8 Å². The van der Waals surface area contributed by atoms with Crippen LogP contribution in [0, 0.1) is 5.92 Å². The van der Waals surface area contributed by atoms with Crippen LogP contribution in [0.25, 0.3) is 22.3 Å². The predicted octanol–water partition coefficient (Wildman–Crippen LogP) is 6.55. The zero-order valence-corrected chi connectivity index (χ0v) is 30.6. The molecule has 0 saturated heterocycles. The van der Waals surface area contributed by atoms with E-state index in [0.717, 1.165) is 24.0 Å². The highest BCUT2D eigenvalue weighted by Gasteiger charge is 2.24. The van der Waals surface area contributed by atoms with Crippen molar-refractivity contribution in [1.29, 1.82) is 0 Å². The number of aromatic nitrogens is 4. The number of sulfonamides is 1. The largest absolute Gasteiger partial charge is 0.291 e. The normalized spacial score (nSPS) is 11.5. The summed E-state index contributed by atoms with van der Waals surface area (Å²) >= 11 is 0. The number of fused-ring (bicyclic) bond motifs is 1. The lowest BCUT2D eigenvalue weighted by Crippen LogP contribution is -2.35. The van der Waals surface area contributed by atoms with E-state index in [2.05, 4.69) is 21.6 Å². The number of unbranched alkanes of at least 4 members (excludes halogenated alkanes) is 1. The molecule has 6 rings (SSSR count). The Balaban J connectivity index is 1.33. The standard InChI is InChI=1S/C41H40N6O5S/c1-4-5-20-35-44-38-37(43-36(25-42-38)47(40(49)28(2)3)26-29-14-8-6-9-15-29)41(50)46(35)27-30-21-23-31(24-22-30)33-18-12-13-19-34(33)53(51,52)45-39(48)32-16-10-7-11-17-32/h6-19,21-25,28H,4-5,20,26-27H2,1-3H3,(H,45,48). The molecule has 6 aromatic rings. The van der Waals surface area contributed by atoms with Gasteiger partial charge >= 0.3 is 0 Å². The molecule has 2 heterocycles. The van der Waals surface area contributed by atoms with E-state index in [1.807, 2.05) is 56.3 Å². The van der Waals surface area contributed by atoms with Gasteiger partial charge < -0.3 is 0 Å². The van der Waals surface area contributed by atoms with E-state index in [1.54, 1.807) is 70.1 Å². The summed E-state index contributed by atoms with van der Waals surface area (Å²) in [5.74, 6) is -0.351. The van der Waals surface area contributed by atoms with Crippen LogP contribution in [0.5, 0.6) is 0 Å². The lowest BCUT2D eigenvalue weighted by Gasteiger charge is -2.24. The third-order valence-corrected chi connectivity index (χ3v) is 10.1. The molecule has 0 unspecified atom stereocenters. The molecule has 0 aliphatic carbocycles. The molecule has 2 aromatic heterocycles. The number of amides is 2. The summed E-state index contributed by atoms with van der Waals surface area (Å²) in [6.45, 7) is 6.14. The van der Waals surface area contributed by atoms with Crippen molar-refractivity contribution in [3.63, 3.8) is 0 Å². The molecular weight excluding hydrogens is 689 g/mol. The Hall–Kier alpha value is -6.01. The topological polar surface area (TPSA) is 144 Å². The Labute approximate surface area is 308 Å². The number of carbonyl (C=O) groups is 2. The summed E-state index contributed by atoms with van der Waals surface area (Å²) in [6.07, 6.45) is 3.75. The van der Waals surface area contributed by atoms with Gasteiger partial charge in [-0.05, 0) is 41.3 Å². The van der Waals surface area contributed by atoms with Crippen molar-refractivity contribution in [3.8, 4) is 11.1 Å². The van der Waals surface area contributed by atoms with E-state index in [-0.39, 0.29) is 57.9 Å². The minimum atomic E-state index is -4.21. The summed E-state index contributed by atoms with van der Waals surface area (Å²) in [6, 6.07) is 31.4. The second kappa shape index (κ2) is 16.1. The number of hydrogen-bond acceptors (Lipinski definition) is 8. The van der Waals surface area contributed by atoms with Gasteiger partial charge in [0.05, 0.1) is 24.2 Å². The Morgan fingerprint density at radius 3 is 2.17 bits per heavy atom. The molecule has 0 saturated carbocycles. The van der Waals surface area contributed by atoms with Gasteiger partial charge in [0.2, 0.25) is 5.91 Å². The van der Waals surface area contributed by atoms with E-state index < -0.39 is 15.9 Å². The first-order chi connectivity index (χ1) is 25.6. The number of aryl methyl sites for hydroxylation is 1. The van der Waals surface area contributed by atoms with E-state index in [0.29, 0.717) is 23.4 Å². The molecule has 270 valence electrons. The SMILES string of the molecule is CCCCc1nc2ncc(N(Cc3ccccc3)C(=O)C(C)C)nc2c(=O)n1Cc1ccc(-c2ccccc2S(=O)(=O)NC(=O)c2ccccc2)cc1. The van der Waals surface area contributed by atoms with Gasteiger partial charge in [-0.3, -0.25) is 23.9 Å². The maximum atomic E-state index is 14.2. The second-order valence-electron chi connectivity index (χ2n) is 13.0. The molecular formula is C41H40N6O5S. The number of nitrogens with zero attached hydrogens (tertiary/aromatic N) is 5. The van der Waals surface area contributed by atoms with Crippen LogP contribution in [0.1, 0.15) is 60.9 Å². The maximum Gasteiger partial charge on any atom is 0.282 e. The van der Waals surface area contributed by atoms with Crippen LogP contribution < -0.4 is 15.2 Å². The molecule has 12 heteroatoms. The van der Waals surface area contributed by atoms with Gasteiger partial charge in [-0.2, -0.15) is 0 Å². The van der Waals surface area contributed by atoms with Crippen LogP contribution in [0.4, 0.5) is 5.82 Å². The molecule has 0 bridgehead atoms. The highest BCUT2D eigenvalue weighted by Crippen LogP contribution is 2.28. The number of anilines is 1. The molecule has 4 aromatic carbocycles. The average Bonchev–Trinajstić information content (AvgIpc) is 3.18. The van der Waals surface area contributed by atoms with Gasteiger partial charge in [0.15, 0.2) is 17.0 Å². The van der Waals surface area contributed by atoms with Crippen molar-refractivity contribution in [2.75, 3.05) is 4.90 Å². The third kappa shape index (κ3) is 8.39. The van der Waals surface area contributed by atoms with Gasteiger partial charge in [0.25, 0.3) is 21.5 Å². The highest BCUT2D eigenvalue weighted by molar-refractivity contribution is 7.90. The van der Waals surface area contributed by atoms with Gasteiger partial charge in [0, 0.05) is 23.5 Å². The van der Waals surface area contributed by atoms with Gasteiger partial charge in [-0.1, -0.05) is 118 Å². The molecule has 0 aliphatic rings. The van der Waals surface area contributed by atoms with Crippen LogP contribution in [0.15, 0.2) is 125 Å². The number of nitrogens with one attached hydrogen (secondary N) is 1. The molecule has 2 amide bonds. The number of hydrogen-bond donors (Lipinski definition) is 1. The van der Waals surface area contributed by atoms with E-state index in [4.69, 9.17) is 4.98 Å². The lowest BCUT2D eigenvalue weighted by atomic mass is 10.0. The number of carbonyl (C=O) groups excluding carboxylic acids is 2. The van der Waals surface area contributed by atoms with Crippen molar-refractivity contribution in [2.24, 2.45) is 5.92 Å². The minimum Gasteiger partial charge on any atom is -0.291 e. The number of rotatable bonds is 13. The molecule has 0 fully saturated rings. The highest BCUT2D eigenvalue weighted by atomic mass is 32.2. The van der Waals surface area contributed by atoms with Crippen LogP contribution >= 0.6 is 0 Å². The van der Waals surface area contributed by atoms with Crippen LogP contribution in [-0.2, 0) is 34.3 Å². The maximum absolute atomic E-state index is 14.2. The summed E-state index contributed by atoms with van der Waals surface area (Å²) in [4.78, 5) is 55.8. The fourth-order valence-electron chi connectivity index (χ4n) is 5.93. The van der Waals surface area contributed by atoms with E-state index in [1.165, 1.54) is 12.3 Å². The monoisotopic (exact) mass is 728 g/mol. The summed E-state index contributed by atoms with van der Waals surface area (Å²) < 4.78 is 30.6. The fourth-order valence-corrected chi connectivity index (χ4v) is 7.14. The van der Waals surface area contributed by atoms with Gasteiger partial charge in [-0.15, -0.1) is 0 Å². The van der Waals surface area contributed by atoms with Crippen LogP contribution in [-0.4, -0.2) is 39.8 Å². The second-order valence-corrected chi connectivity index (χ2v) is 14.6. The summed E-state index contributed by atoms with van der Waals surface area (Å²) in [5, 5.41) is 0. The van der Waals surface area contributed by atoms with Crippen molar-refractivity contribution in [1.82, 2.24) is 24.2 Å². The predicted molar refractivity (Wildman–Crippen MR) is 205 cm³/mol. The van der Waals surface area contributed by atoms with Crippen LogP contribution in [0.2, 0.25) is 0 Å². The van der Waals surface area contributed by atoms with E-state index >= 15 is 0 Å². The molecule has 11 nitrogen and oxygen atoms in total. The average molecular weight is 729 g/mol. The number of benzene rings is 4.